The minimum Gasteiger partial charge on any atom is -0.345 e. The quantitative estimate of drug-likeness (QED) is 0.517. The van der Waals surface area contributed by atoms with Gasteiger partial charge in [-0.05, 0) is 36.1 Å². The van der Waals surface area contributed by atoms with Gasteiger partial charge in [0.15, 0.2) is 0 Å². The zero-order valence-electron chi connectivity index (χ0n) is 17.1. The fraction of sp³-hybridized carbons (Fsp3) is 0.320. The smallest absolute Gasteiger partial charge is 0.223 e. The molecule has 3 nitrogen and oxygen atoms in total. The maximum Gasteiger partial charge on any atom is 0.223 e. The monoisotopic (exact) mass is 374 g/mol. The average molecular weight is 375 g/mol. The van der Waals surface area contributed by atoms with Gasteiger partial charge in [-0.15, -0.1) is 0 Å². The van der Waals surface area contributed by atoms with Crippen LogP contribution in [0.4, 0.5) is 0 Å². The van der Waals surface area contributed by atoms with E-state index in [9.17, 15) is 4.79 Å². The number of nitrogens with zero attached hydrogens (tertiary/aromatic N) is 2. The molecule has 0 aliphatic rings. The number of hydrogen-bond acceptors (Lipinski definition) is 1. The van der Waals surface area contributed by atoms with E-state index in [2.05, 4.69) is 80.1 Å². The predicted octanol–water partition coefficient (Wildman–Crippen LogP) is 5.42. The Morgan fingerprint density at radius 3 is 2.29 bits per heavy atom. The third-order valence-electron chi connectivity index (χ3n) is 4.90. The van der Waals surface area contributed by atoms with Crippen LogP contribution >= 0.6 is 0 Å². The number of rotatable bonds is 8. The molecule has 0 bridgehead atoms. The fourth-order valence-corrected chi connectivity index (χ4v) is 3.35. The number of benzene rings is 2. The minimum atomic E-state index is 0.210. The van der Waals surface area contributed by atoms with Gasteiger partial charge in [0, 0.05) is 31.4 Å². The molecule has 0 spiro atoms. The molecule has 3 aromatic rings. The standard InChI is InChI=1S/C25H30N2O/c1-20(2)16-25(28)27(18-22-8-5-4-6-9-22)19-24-10-7-15-26(24)17-23-13-11-21(3)12-14-23/h4-15,20H,16-19H2,1-3H3. The van der Waals surface area contributed by atoms with Gasteiger partial charge in [-0.3, -0.25) is 4.79 Å². The summed E-state index contributed by atoms with van der Waals surface area (Å²) in [5.41, 5.74) is 4.86. The number of amides is 1. The molecule has 0 saturated heterocycles. The normalized spacial score (nSPS) is 11.0. The first-order chi connectivity index (χ1) is 13.5. The van der Waals surface area contributed by atoms with Gasteiger partial charge in [0.2, 0.25) is 5.91 Å². The van der Waals surface area contributed by atoms with Gasteiger partial charge in [-0.2, -0.15) is 0 Å². The lowest BCUT2D eigenvalue weighted by Crippen LogP contribution is -2.31. The summed E-state index contributed by atoms with van der Waals surface area (Å²) in [7, 11) is 0. The molecule has 0 atom stereocenters. The van der Waals surface area contributed by atoms with Gasteiger partial charge < -0.3 is 9.47 Å². The summed E-state index contributed by atoms with van der Waals surface area (Å²) < 4.78 is 2.24. The second-order valence-corrected chi connectivity index (χ2v) is 7.95. The largest absolute Gasteiger partial charge is 0.345 e. The summed E-state index contributed by atoms with van der Waals surface area (Å²) in [4.78, 5) is 14.9. The minimum absolute atomic E-state index is 0.210. The van der Waals surface area contributed by atoms with Crippen LogP contribution in [0, 0.1) is 12.8 Å². The topological polar surface area (TPSA) is 25.2 Å². The van der Waals surface area contributed by atoms with Crippen LogP contribution in [-0.2, 0) is 24.4 Å². The van der Waals surface area contributed by atoms with Crippen molar-refractivity contribution < 1.29 is 4.79 Å². The Balaban J connectivity index is 1.77. The number of aromatic nitrogens is 1. The van der Waals surface area contributed by atoms with E-state index in [4.69, 9.17) is 0 Å². The highest BCUT2D eigenvalue weighted by molar-refractivity contribution is 5.76. The summed E-state index contributed by atoms with van der Waals surface area (Å²) in [6.07, 6.45) is 2.67. The van der Waals surface area contributed by atoms with Crippen LogP contribution < -0.4 is 0 Å². The van der Waals surface area contributed by atoms with Gasteiger partial charge in [-0.25, -0.2) is 0 Å². The molecule has 3 rings (SSSR count). The van der Waals surface area contributed by atoms with Crippen molar-refractivity contribution >= 4 is 5.91 Å². The Hall–Kier alpha value is -2.81. The maximum atomic E-state index is 12.9. The van der Waals surface area contributed by atoms with Gasteiger partial charge in [-0.1, -0.05) is 74.0 Å². The number of hydrogen-bond donors (Lipinski definition) is 0. The Morgan fingerprint density at radius 2 is 1.61 bits per heavy atom. The molecule has 0 radical (unpaired) electrons. The van der Waals surface area contributed by atoms with Crippen LogP contribution in [0.5, 0.6) is 0 Å². The summed E-state index contributed by atoms with van der Waals surface area (Å²) in [5.74, 6) is 0.562. The highest BCUT2D eigenvalue weighted by Crippen LogP contribution is 2.16. The molecule has 3 heteroatoms. The van der Waals surface area contributed by atoms with Crippen LogP contribution in [0.1, 0.15) is 42.7 Å². The third-order valence-corrected chi connectivity index (χ3v) is 4.90. The second kappa shape index (κ2) is 9.41. The Labute approximate surface area is 168 Å². The SMILES string of the molecule is Cc1ccc(Cn2cccc2CN(Cc2ccccc2)C(=O)CC(C)C)cc1. The molecule has 1 amide bonds. The molecule has 2 aromatic carbocycles. The van der Waals surface area contributed by atoms with Crippen LogP contribution in [0.2, 0.25) is 0 Å². The maximum absolute atomic E-state index is 12.9. The Bertz CT molecular complexity index is 878. The average Bonchev–Trinajstić information content (AvgIpc) is 3.10. The molecule has 0 aliphatic heterocycles. The van der Waals surface area contributed by atoms with Gasteiger partial charge >= 0.3 is 0 Å². The Kier molecular flexibility index (Phi) is 6.70. The van der Waals surface area contributed by atoms with Crippen LogP contribution in [-0.4, -0.2) is 15.4 Å². The van der Waals surface area contributed by atoms with E-state index in [-0.39, 0.29) is 5.91 Å². The second-order valence-electron chi connectivity index (χ2n) is 7.95. The van der Waals surface area contributed by atoms with Crippen molar-refractivity contribution in [2.24, 2.45) is 5.92 Å². The highest BCUT2D eigenvalue weighted by atomic mass is 16.2. The lowest BCUT2D eigenvalue weighted by molar-refractivity contribution is -0.133. The number of aryl methyl sites for hydroxylation is 1. The molecular formula is C25H30N2O. The summed E-state index contributed by atoms with van der Waals surface area (Å²) in [6, 6.07) is 23.1. The number of carbonyl (C=O) groups excluding carboxylic acids is 1. The summed E-state index contributed by atoms with van der Waals surface area (Å²) in [6.45, 7) is 8.38. The first-order valence-electron chi connectivity index (χ1n) is 10.0. The van der Waals surface area contributed by atoms with Gasteiger partial charge in [0.05, 0.1) is 6.54 Å². The van der Waals surface area contributed by atoms with Gasteiger partial charge in [0.25, 0.3) is 0 Å². The van der Waals surface area contributed by atoms with E-state index in [0.29, 0.717) is 25.4 Å². The fourth-order valence-electron chi connectivity index (χ4n) is 3.35. The van der Waals surface area contributed by atoms with E-state index in [1.54, 1.807) is 0 Å². The van der Waals surface area contributed by atoms with E-state index >= 15 is 0 Å². The molecule has 0 N–H and O–H groups in total. The van der Waals surface area contributed by atoms with E-state index in [1.807, 2.05) is 23.1 Å². The zero-order valence-corrected chi connectivity index (χ0v) is 17.1. The molecule has 0 unspecified atom stereocenters. The van der Waals surface area contributed by atoms with Crippen LogP contribution in [0.25, 0.3) is 0 Å². The lowest BCUT2D eigenvalue weighted by Gasteiger charge is -2.25. The lowest BCUT2D eigenvalue weighted by atomic mass is 10.1. The predicted molar refractivity (Wildman–Crippen MR) is 115 cm³/mol. The summed E-state index contributed by atoms with van der Waals surface area (Å²) >= 11 is 0. The number of carbonyl (C=O) groups is 1. The molecule has 0 aliphatic carbocycles. The van der Waals surface area contributed by atoms with Crippen molar-refractivity contribution in [2.75, 3.05) is 0 Å². The summed E-state index contributed by atoms with van der Waals surface area (Å²) in [5, 5.41) is 0. The van der Waals surface area contributed by atoms with Crippen molar-refractivity contribution in [3.05, 3.63) is 95.3 Å². The first-order valence-corrected chi connectivity index (χ1v) is 10.0. The van der Waals surface area contributed by atoms with E-state index in [0.717, 1.165) is 17.8 Å². The third kappa shape index (κ3) is 5.59. The molecule has 1 heterocycles. The van der Waals surface area contributed by atoms with Crippen LogP contribution in [0.15, 0.2) is 72.9 Å². The molecular weight excluding hydrogens is 344 g/mol. The molecule has 0 fully saturated rings. The van der Waals surface area contributed by atoms with Crippen molar-refractivity contribution in [3.8, 4) is 0 Å². The molecule has 0 saturated carbocycles. The highest BCUT2D eigenvalue weighted by Gasteiger charge is 2.17. The Morgan fingerprint density at radius 1 is 0.893 bits per heavy atom. The first kappa shape index (κ1) is 19.9. The van der Waals surface area contributed by atoms with Crippen molar-refractivity contribution in [1.82, 2.24) is 9.47 Å². The van der Waals surface area contributed by atoms with E-state index < -0.39 is 0 Å². The van der Waals surface area contributed by atoms with Crippen molar-refractivity contribution in [3.63, 3.8) is 0 Å². The van der Waals surface area contributed by atoms with Crippen molar-refractivity contribution in [2.45, 2.75) is 46.8 Å². The van der Waals surface area contributed by atoms with Gasteiger partial charge in [0.1, 0.15) is 0 Å². The van der Waals surface area contributed by atoms with E-state index in [1.165, 1.54) is 11.1 Å². The molecule has 146 valence electrons. The zero-order chi connectivity index (χ0) is 19.9. The molecule has 28 heavy (non-hydrogen) atoms. The van der Waals surface area contributed by atoms with Crippen molar-refractivity contribution in [1.29, 1.82) is 0 Å². The van der Waals surface area contributed by atoms with Crippen LogP contribution in [0.3, 0.4) is 0 Å². The molecule has 1 aromatic heterocycles.